The molecule has 1 rings (SSSR count). The van der Waals surface area contributed by atoms with Crippen molar-refractivity contribution in [3.63, 3.8) is 0 Å². The summed E-state index contributed by atoms with van der Waals surface area (Å²) in [6.07, 6.45) is 12.9. The number of hydrogen-bond donors (Lipinski definition) is 1. The fraction of sp³-hybridized carbons (Fsp3) is 0.632. The van der Waals surface area contributed by atoms with Crippen LogP contribution in [0.4, 0.5) is 0 Å². The van der Waals surface area contributed by atoms with E-state index in [1.54, 1.807) is 0 Å². The van der Waals surface area contributed by atoms with E-state index < -0.39 is 5.97 Å². The van der Waals surface area contributed by atoms with Crippen molar-refractivity contribution in [1.82, 2.24) is 0 Å². The molecule has 4 heteroatoms. The minimum Gasteiger partial charge on any atom is -0.872 e. The Morgan fingerprint density at radius 3 is 2.00 bits per heavy atom. The second kappa shape index (κ2) is 14.5. The summed E-state index contributed by atoms with van der Waals surface area (Å²) in [6.45, 7) is 2.23. The van der Waals surface area contributed by atoms with Crippen LogP contribution in [0, 0.1) is 0 Å². The molecule has 23 heavy (non-hydrogen) atoms. The van der Waals surface area contributed by atoms with Crippen molar-refractivity contribution in [2.24, 2.45) is 0 Å². The van der Waals surface area contributed by atoms with Crippen LogP contribution < -0.4 is 56.5 Å². The summed E-state index contributed by atoms with van der Waals surface area (Å²) >= 11 is 0. The first-order valence-corrected chi connectivity index (χ1v) is 8.69. The number of rotatable bonds is 12. The van der Waals surface area contributed by atoms with E-state index in [-0.39, 0.29) is 62.7 Å². The van der Waals surface area contributed by atoms with E-state index in [0.29, 0.717) is 12.0 Å². The third kappa shape index (κ3) is 9.88. The van der Waals surface area contributed by atoms with E-state index in [4.69, 9.17) is 5.11 Å². The number of benzene rings is 1. The molecule has 1 aromatic rings. The Balaban J connectivity index is 0.00000484. The van der Waals surface area contributed by atoms with Gasteiger partial charge in [-0.25, -0.2) is 4.79 Å². The number of carbonyl (C=O) groups is 1. The topological polar surface area (TPSA) is 60.4 Å². The summed E-state index contributed by atoms with van der Waals surface area (Å²) in [4.78, 5) is 11.1. The van der Waals surface area contributed by atoms with Crippen molar-refractivity contribution in [3.8, 4) is 5.75 Å². The number of unbranched alkanes of at least 4 members (excludes halogenated alkanes) is 9. The van der Waals surface area contributed by atoms with Gasteiger partial charge < -0.3 is 10.2 Å². The molecule has 0 saturated heterocycles. The Morgan fingerprint density at radius 1 is 0.957 bits per heavy atom. The van der Waals surface area contributed by atoms with Gasteiger partial charge in [-0.15, -0.1) is 5.75 Å². The normalized spacial score (nSPS) is 10.3. The maximum absolute atomic E-state index is 11.8. The smallest absolute Gasteiger partial charge is 0.872 e. The Labute approximate surface area is 183 Å². The van der Waals surface area contributed by atoms with Crippen LogP contribution in [-0.4, -0.2) is 11.1 Å². The summed E-state index contributed by atoms with van der Waals surface area (Å²) in [6, 6.07) is 4.50. The summed E-state index contributed by atoms with van der Waals surface area (Å²) in [5.74, 6) is -1.14. The van der Waals surface area contributed by atoms with Gasteiger partial charge in [0, 0.05) is 0 Å². The van der Waals surface area contributed by atoms with Gasteiger partial charge in [-0.2, -0.15) is 0 Å². The van der Waals surface area contributed by atoms with E-state index in [1.165, 1.54) is 69.6 Å². The van der Waals surface area contributed by atoms with Gasteiger partial charge in [0.2, 0.25) is 0 Å². The fourth-order valence-electron chi connectivity index (χ4n) is 2.81. The molecular weight excluding hydrogens is 315 g/mol. The Kier molecular flexibility index (Phi) is 14.5. The third-order valence-corrected chi connectivity index (χ3v) is 4.14. The molecule has 0 fully saturated rings. The van der Waals surface area contributed by atoms with Gasteiger partial charge in [-0.1, -0.05) is 76.8 Å². The molecule has 0 spiro atoms. The predicted molar refractivity (Wildman–Crippen MR) is 88.4 cm³/mol. The summed E-state index contributed by atoms with van der Waals surface area (Å²) in [5, 5.41) is 20.9. The van der Waals surface area contributed by atoms with E-state index in [1.807, 2.05) is 0 Å². The molecule has 0 atom stereocenters. The van der Waals surface area contributed by atoms with Crippen molar-refractivity contribution in [3.05, 3.63) is 29.3 Å². The Morgan fingerprint density at radius 2 is 1.48 bits per heavy atom. The predicted octanol–water partition coefficient (Wildman–Crippen LogP) is 1.93. The molecule has 0 saturated carbocycles. The Bertz CT molecular complexity index is 446. The molecule has 124 valence electrons. The van der Waals surface area contributed by atoms with Crippen LogP contribution in [0.5, 0.6) is 5.75 Å². The van der Waals surface area contributed by atoms with Crippen molar-refractivity contribution in [2.45, 2.75) is 77.6 Å². The second-order valence-electron chi connectivity index (χ2n) is 6.02. The number of hydrogen-bond acceptors (Lipinski definition) is 2. The molecule has 0 bridgehead atoms. The molecule has 0 aliphatic heterocycles. The van der Waals surface area contributed by atoms with Crippen molar-refractivity contribution in [1.29, 1.82) is 0 Å². The second-order valence-corrected chi connectivity index (χ2v) is 6.02. The first-order chi connectivity index (χ1) is 10.7. The first kappa shape index (κ1) is 23.1. The van der Waals surface area contributed by atoms with E-state index in [0.717, 1.165) is 12.8 Å². The first-order valence-electron chi connectivity index (χ1n) is 8.69. The maximum Gasteiger partial charge on any atom is 1.00 e. The average molecular weight is 345 g/mol. The van der Waals surface area contributed by atoms with Crippen LogP contribution in [0.2, 0.25) is 0 Å². The zero-order valence-electron chi connectivity index (χ0n) is 14.8. The van der Waals surface area contributed by atoms with Crippen molar-refractivity contribution in [2.75, 3.05) is 0 Å². The standard InChI is InChI=1S/C19H30O3.K/c1-2-3-4-5-6-7-8-9-10-11-13-16-17(19(21)22)14-12-15-18(16)20;/h12,14-15,20H,2-11,13H2,1H3,(H,21,22);/q;+1/p-1. The quantitative estimate of drug-likeness (QED) is 0.465. The molecule has 0 aliphatic carbocycles. The van der Waals surface area contributed by atoms with Gasteiger partial charge in [-0.3, -0.25) is 0 Å². The molecule has 0 aliphatic rings. The SMILES string of the molecule is CCCCCCCCCCCCc1c([O-])cccc1C(=O)O.[K+]. The number of carboxylic acids is 1. The van der Waals surface area contributed by atoms with Gasteiger partial charge >= 0.3 is 57.4 Å². The summed E-state index contributed by atoms with van der Waals surface area (Å²) < 4.78 is 0. The number of aromatic carboxylic acids is 1. The van der Waals surface area contributed by atoms with E-state index in [9.17, 15) is 9.90 Å². The molecule has 0 radical (unpaired) electrons. The van der Waals surface area contributed by atoms with E-state index in [2.05, 4.69) is 6.92 Å². The molecule has 0 amide bonds. The molecule has 0 aromatic heterocycles. The van der Waals surface area contributed by atoms with E-state index >= 15 is 0 Å². The van der Waals surface area contributed by atoms with Crippen molar-refractivity contribution >= 4 is 5.97 Å². The van der Waals surface area contributed by atoms with Gasteiger partial charge in [0.25, 0.3) is 0 Å². The van der Waals surface area contributed by atoms with Crippen molar-refractivity contribution < 1.29 is 66.4 Å². The van der Waals surface area contributed by atoms with Gasteiger partial charge in [0.1, 0.15) is 0 Å². The molecule has 3 nitrogen and oxygen atoms in total. The molecule has 0 unspecified atom stereocenters. The van der Waals surface area contributed by atoms with Gasteiger partial charge in [0.05, 0.1) is 5.56 Å². The number of carboxylic acid groups (broad SMARTS) is 1. The minimum atomic E-state index is -1.00. The van der Waals surface area contributed by atoms with Crippen LogP contribution in [-0.2, 0) is 6.42 Å². The monoisotopic (exact) mass is 344 g/mol. The largest absolute Gasteiger partial charge is 1.00 e. The van der Waals surface area contributed by atoms with Gasteiger partial charge in [0.15, 0.2) is 0 Å². The summed E-state index contributed by atoms with van der Waals surface area (Å²) in [7, 11) is 0. The molecule has 1 aromatic carbocycles. The average Bonchev–Trinajstić information content (AvgIpc) is 2.50. The van der Waals surface area contributed by atoms with Crippen LogP contribution >= 0.6 is 0 Å². The fourth-order valence-corrected chi connectivity index (χ4v) is 2.81. The minimum absolute atomic E-state index is 0. The third-order valence-electron chi connectivity index (χ3n) is 4.14. The molecule has 1 N–H and O–H groups in total. The molecular formula is C19H29KO3. The zero-order valence-corrected chi connectivity index (χ0v) is 17.9. The van der Waals surface area contributed by atoms with Crippen LogP contribution in [0.3, 0.4) is 0 Å². The molecule has 0 heterocycles. The summed E-state index contributed by atoms with van der Waals surface area (Å²) in [5.41, 5.74) is 0.637. The van der Waals surface area contributed by atoms with Gasteiger partial charge in [-0.05, 0) is 24.5 Å². The van der Waals surface area contributed by atoms with Crippen LogP contribution in [0.25, 0.3) is 0 Å². The zero-order chi connectivity index (χ0) is 16.2. The Hall–Kier alpha value is 0.126. The van der Waals surface area contributed by atoms with Crippen LogP contribution in [0.15, 0.2) is 18.2 Å². The van der Waals surface area contributed by atoms with Crippen LogP contribution in [0.1, 0.15) is 87.1 Å². The maximum atomic E-state index is 11.8.